The van der Waals surface area contributed by atoms with Crippen LogP contribution in [0.5, 0.6) is 5.75 Å². The van der Waals surface area contributed by atoms with Gasteiger partial charge in [-0.25, -0.2) is 0 Å². The van der Waals surface area contributed by atoms with Gasteiger partial charge in [0.25, 0.3) is 5.91 Å². The number of nitrogens with zero attached hydrogens (tertiary/aromatic N) is 2. The van der Waals surface area contributed by atoms with Gasteiger partial charge >= 0.3 is 0 Å². The molecule has 34 heavy (non-hydrogen) atoms. The summed E-state index contributed by atoms with van der Waals surface area (Å²) in [6.45, 7) is 8.66. The summed E-state index contributed by atoms with van der Waals surface area (Å²) in [6.07, 6.45) is 0.869. The van der Waals surface area contributed by atoms with Crippen LogP contribution in [-0.2, 0) is 4.74 Å². The van der Waals surface area contributed by atoms with Gasteiger partial charge in [-0.1, -0.05) is 24.3 Å². The van der Waals surface area contributed by atoms with Crippen molar-refractivity contribution in [1.82, 2.24) is 9.80 Å². The molecule has 7 heteroatoms. The SMILES string of the molecule is CC(C)Oc1ccc([C@@H]2c3c(oc4ccccc4c3=O)C(=O)N2CCCN2CCOCC2)cc1. The Labute approximate surface area is 198 Å². The monoisotopic (exact) mass is 462 g/mol. The first-order valence-corrected chi connectivity index (χ1v) is 12.0. The van der Waals surface area contributed by atoms with Crippen molar-refractivity contribution in [1.29, 1.82) is 0 Å². The van der Waals surface area contributed by atoms with Gasteiger partial charge in [0, 0.05) is 26.2 Å². The Morgan fingerprint density at radius 1 is 1.00 bits per heavy atom. The third-order valence-corrected chi connectivity index (χ3v) is 6.42. The van der Waals surface area contributed by atoms with Gasteiger partial charge in [0.15, 0.2) is 5.43 Å². The smallest absolute Gasteiger partial charge is 0.290 e. The molecule has 1 amide bonds. The highest BCUT2D eigenvalue weighted by Gasteiger charge is 2.42. The van der Waals surface area contributed by atoms with Crippen molar-refractivity contribution in [2.75, 3.05) is 39.4 Å². The Morgan fingerprint density at radius 3 is 2.47 bits per heavy atom. The number of carbonyl (C=O) groups is 1. The lowest BCUT2D eigenvalue weighted by Crippen LogP contribution is -2.38. The molecular weight excluding hydrogens is 432 g/mol. The third-order valence-electron chi connectivity index (χ3n) is 6.42. The van der Waals surface area contributed by atoms with Gasteiger partial charge in [-0.15, -0.1) is 0 Å². The first-order chi connectivity index (χ1) is 16.5. The molecule has 2 aromatic carbocycles. The molecule has 1 aromatic heterocycles. The van der Waals surface area contributed by atoms with Gasteiger partial charge in [-0.2, -0.15) is 0 Å². The summed E-state index contributed by atoms with van der Waals surface area (Å²) < 4.78 is 17.2. The molecule has 2 aliphatic rings. The second-order valence-corrected chi connectivity index (χ2v) is 9.11. The lowest BCUT2D eigenvalue weighted by Gasteiger charge is -2.29. The number of ether oxygens (including phenoxy) is 2. The van der Waals surface area contributed by atoms with E-state index < -0.39 is 6.04 Å². The molecule has 0 saturated carbocycles. The van der Waals surface area contributed by atoms with Crippen LogP contribution in [0.15, 0.2) is 57.7 Å². The largest absolute Gasteiger partial charge is 0.491 e. The van der Waals surface area contributed by atoms with E-state index in [-0.39, 0.29) is 23.2 Å². The molecule has 1 saturated heterocycles. The van der Waals surface area contributed by atoms with E-state index in [1.807, 2.05) is 50.2 Å². The summed E-state index contributed by atoms with van der Waals surface area (Å²) in [5.74, 6) is 0.683. The van der Waals surface area contributed by atoms with Gasteiger partial charge in [0.05, 0.1) is 36.3 Å². The van der Waals surface area contributed by atoms with Crippen LogP contribution in [0.4, 0.5) is 0 Å². The van der Waals surface area contributed by atoms with E-state index in [2.05, 4.69) is 4.90 Å². The fourth-order valence-electron chi connectivity index (χ4n) is 4.83. The molecule has 3 aromatic rings. The zero-order valence-electron chi connectivity index (χ0n) is 19.7. The van der Waals surface area contributed by atoms with Crippen molar-refractivity contribution in [3.8, 4) is 5.75 Å². The van der Waals surface area contributed by atoms with Crippen molar-refractivity contribution in [2.24, 2.45) is 0 Å². The summed E-state index contributed by atoms with van der Waals surface area (Å²) in [6, 6.07) is 14.3. The molecule has 3 heterocycles. The van der Waals surface area contributed by atoms with Gasteiger partial charge in [-0.3, -0.25) is 14.5 Å². The van der Waals surface area contributed by atoms with E-state index in [9.17, 15) is 9.59 Å². The minimum absolute atomic E-state index is 0.0646. The van der Waals surface area contributed by atoms with Crippen LogP contribution in [0.1, 0.15) is 48.0 Å². The first kappa shape index (κ1) is 22.6. The normalized spacial score (nSPS) is 18.6. The van der Waals surface area contributed by atoms with Crippen LogP contribution < -0.4 is 10.2 Å². The van der Waals surface area contributed by atoms with Gasteiger partial charge in [0.2, 0.25) is 5.76 Å². The molecule has 0 unspecified atom stereocenters. The Bertz CT molecular complexity index is 1230. The number of carbonyl (C=O) groups excluding carboxylic acids is 1. The average Bonchev–Trinajstić information content (AvgIpc) is 3.12. The Morgan fingerprint density at radius 2 is 1.74 bits per heavy atom. The maximum Gasteiger partial charge on any atom is 0.290 e. The summed E-state index contributed by atoms with van der Waals surface area (Å²) in [5.41, 5.74) is 1.59. The van der Waals surface area contributed by atoms with E-state index in [1.165, 1.54) is 0 Å². The number of benzene rings is 2. The third kappa shape index (κ3) is 4.33. The maximum atomic E-state index is 13.5. The second-order valence-electron chi connectivity index (χ2n) is 9.11. The molecule has 2 aliphatic heterocycles. The molecule has 7 nitrogen and oxygen atoms in total. The van der Waals surface area contributed by atoms with Crippen molar-refractivity contribution < 1.29 is 18.7 Å². The number of para-hydroxylation sites is 1. The van der Waals surface area contributed by atoms with E-state index in [0.29, 0.717) is 23.1 Å². The molecule has 0 spiro atoms. The van der Waals surface area contributed by atoms with E-state index in [4.69, 9.17) is 13.9 Å². The standard InChI is InChI=1S/C27H30N2O5/c1-18(2)33-20-10-8-19(9-11-20)24-23-25(30)21-6-3-4-7-22(21)34-26(23)27(31)29(24)13-5-12-28-14-16-32-17-15-28/h3-4,6-11,18,24H,5,12-17H2,1-2H3/t24-/m1/s1. The van der Waals surface area contributed by atoms with Gasteiger partial charge in [0.1, 0.15) is 11.3 Å². The molecule has 1 atom stereocenters. The predicted molar refractivity (Wildman–Crippen MR) is 129 cm³/mol. The number of hydrogen-bond donors (Lipinski definition) is 0. The molecule has 1 fully saturated rings. The van der Waals surface area contributed by atoms with Crippen molar-refractivity contribution >= 4 is 16.9 Å². The summed E-state index contributed by atoms with van der Waals surface area (Å²) in [7, 11) is 0. The van der Waals surface area contributed by atoms with Crippen LogP contribution in [0, 0.1) is 0 Å². The van der Waals surface area contributed by atoms with Crippen LogP contribution >= 0.6 is 0 Å². The number of amides is 1. The Hall–Kier alpha value is -3.16. The molecule has 178 valence electrons. The predicted octanol–water partition coefficient (Wildman–Crippen LogP) is 3.85. The van der Waals surface area contributed by atoms with Gasteiger partial charge in [-0.05, 0) is 50.1 Å². The van der Waals surface area contributed by atoms with Crippen molar-refractivity contribution in [2.45, 2.75) is 32.4 Å². The van der Waals surface area contributed by atoms with Crippen LogP contribution in [0.2, 0.25) is 0 Å². The fraction of sp³-hybridized carbons (Fsp3) is 0.407. The minimum atomic E-state index is -0.485. The number of hydrogen-bond acceptors (Lipinski definition) is 6. The van der Waals surface area contributed by atoms with E-state index in [1.54, 1.807) is 17.0 Å². The molecule has 0 radical (unpaired) electrons. The van der Waals surface area contributed by atoms with E-state index >= 15 is 0 Å². The highest BCUT2D eigenvalue weighted by Crippen LogP contribution is 2.38. The molecular formula is C27H30N2O5. The highest BCUT2D eigenvalue weighted by molar-refractivity contribution is 5.99. The molecule has 5 rings (SSSR count). The quantitative estimate of drug-likeness (QED) is 0.531. The lowest BCUT2D eigenvalue weighted by molar-refractivity contribution is 0.0353. The van der Waals surface area contributed by atoms with Crippen LogP contribution in [-0.4, -0.2) is 61.2 Å². The molecule has 0 aliphatic carbocycles. The summed E-state index contributed by atoms with van der Waals surface area (Å²) in [5, 5.41) is 0.494. The van der Waals surface area contributed by atoms with Crippen molar-refractivity contribution in [3.63, 3.8) is 0 Å². The molecule has 0 N–H and O–H groups in total. The minimum Gasteiger partial charge on any atom is -0.491 e. The summed E-state index contributed by atoms with van der Waals surface area (Å²) >= 11 is 0. The van der Waals surface area contributed by atoms with Crippen LogP contribution in [0.25, 0.3) is 11.0 Å². The Kier molecular flexibility index (Phi) is 6.39. The lowest BCUT2D eigenvalue weighted by atomic mass is 9.98. The van der Waals surface area contributed by atoms with E-state index in [0.717, 1.165) is 50.6 Å². The Balaban J connectivity index is 1.50. The summed E-state index contributed by atoms with van der Waals surface area (Å²) in [4.78, 5) is 31.2. The number of morpholine rings is 1. The van der Waals surface area contributed by atoms with Crippen molar-refractivity contribution in [3.05, 3.63) is 75.6 Å². The molecule has 0 bridgehead atoms. The number of rotatable bonds is 7. The zero-order valence-corrected chi connectivity index (χ0v) is 19.7. The average molecular weight is 463 g/mol. The first-order valence-electron chi connectivity index (χ1n) is 12.0. The van der Waals surface area contributed by atoms with Gasteiger partial charge < -0.3 is 18.8 Å². The van der Waals surface area contributed by atoms with Crippen LogP contribution in [0.3, 0.4) is 0 Å². The topological polar surface area (TPSA) is 72.2 Å². The number of fused-ring (bicyclic) bond motifs is 2. The zero-order chi connectivity index (χ0) is 23.7. The maximum absolute atomic E-state index is 13.5. The second kappa shape index (κ2) is 9.60. The fourth-order valence-corrected chi connectivity index (χ4v) is 4.83. The highest BCUT2D eigenvalue weighted by atomic mass is 16.5.